The first-order valence-corrected chi connectivity index (χ1v) is 5.74. The van der Waals surface area contributed by atoms with E-state index in [1.54, 1.807) is 12.1 Å². The van der Waals surface area contributed by atoms with E-state index in [1.165, 1.54) is 18.4 Å². The fourth-order valence-electron chi connectivity index (χ4n) is 2.18. The van der Waals surface area contributed by atoms with Gasteiger partial charge in [-0.2, -0.15) is 0 Å². The number of benzene rings is 1. The molecule has 1 N–H and O–H groups in total. The van der Waals surface area contributed by atoms with Gasteiger partial charge in [0.05, 0.1) is 0 Å². The third-order valence-corrected chi connectivity index (χ3v) is 3.25. The zero-order valence-electron chi connectivity index (χ0n) is 9.17. The van der Waals surface area contributed by atoms with Gasteiger partial charge in [-0.05, 0) is 49.4 Å². The second kappa shape index (κ2) is 4.75. The van der Waals surface area contributed by atoms with E-state index in [1.807, 2.05) is 12.1 Å². The molecular formula is C13H18FN. The van der Waals surface area contributed by atoms with Gasteiger partial charge in [0.1, 0.15) is 5.82 Å². The summed E-state index contributed by atoms with van der Waals surface area (Å²) in [6, 6.07) is 7.29. The van der Waals surface area contributed by atoms with Crippen LogP contribution in [-0.4, -0.2) is 6.54 Å². The molecule has 2 rings (SSSR count). The summed E-state index contributed by atoms with van der Waals surface area (Å²) in [6.45, 7) is 3.37. The van der Waals surface area contributed by atoms with Gasteiger partial charge in [0.25, 0.3) is 0 Å². The summed E-state index contributed by atoms with van der Waals surface area (Å²) in [6.07, 6.45) is 3.67. The predicted molar refractivity (Wildman–Crippen MR) is 60.2 cm³/mol. The van der Waals surface area contributed by atoms with Crippen LogP contribution >= 0.6 is 0 Å². The highest BCUT2D eigenvalue weighted by Gasteiger charge is 2.16. The van der Waals surface area contributed by atoms with E-state index < -0.39 is 0 Å². The maximum Gasteiger partial charge on any atom is 0.123 e. The molecule has 2 atom stereocenters. The molecule has 0 amide bonds. The van der Waals surface area contributed by atoms with E-state index in [0.717, 1.165) is 18.9 Å². The summed E-state index contributed by atoms with van der Waals surface area (Å²) in [5.41, 5.74) is 1.21. The summed E-state index contributed by atoms with van der Waals surface area (Å²) in [7, 11) is 0. The molecule has 2 heteroatoms. The van der Waals surface area contributed by atoms with E-state index in [4.69, 9.17) is 0 Å². The Hall–Kier alpha value is -0.890. The minimum atomic E-state index is -0.152. The molecule has 1 aromatic rings. The second-order valence-corrected chi connectivity index (χ2v) is 4.53. The van der Waals surface area contributed by atoms with Gasteiger partial charge in [0.15, 0.2) is 0 Å². The first-order valence-electron chi connectivity index (χ1n) is 5.74. The average Bonchev–Trinajstić information content (AvgIpc) is 2.44. The lowest BCUT2D eigenvalue weighted by Crippen LogP contribution is -2.20. The molecule has 0 spiro atoms. The monoisotopic (exact) mass is 207 g/mol. The van der Waals surface area contributed by atoms with Crippen LogP contribution in [0.5, 0.6) is 0 Å². The molecule has 1 heterocycles. The number of rotatable bonds is 1. The topological polar surface area (TPSA) is 12.0 Å². The molecule has 0 bridgehead atoms. The molecule has 15 heavy (non-hydrogen) atoms. The molecule has 1 fully saturated rings. The Balaban J connectivity index is 2.06. The minimum Gasteiger partial charge on any atom is -0.310 e. The molecule has 1 nitrogen and oxygen atoms in total. The van der Waals surface area contributed by atoms with E-state index in [9.17, 15) is 4.39 Å². The minimum absolute atomic E-state index is 0.152. The Kier molecular flexibility index (Phi) is 3.37. The van der Waals surface area contributed by atoms with E-state index in [-0.39, 0.29) is 5.82 Å². The number of hydrogen-bond acceptors (Lipinski definition) is 1. The number of nitrogens with one attached hydrogen (secondary N) is 1. The molecule has 1 aliphatic rings. The van der Waals surface area contributed by atoms with Crippen molar-refractivity contribution in [2.45, 2.75) is 32.2 Å². The van der Waals surface area contributed by atoms with Crippen LogP contribution in [0.4, 0.5) is 4.39 Å². The molecular weight excluding hydrogens is 189 g/mol. The maximum atomic E-state index is 12.8. The van der Waals surface area contributed by atoms with Crippen molar-refractivity contribution < 1.29 is 4.39 Å². The van der Waals surface area contributed by atoms with Gasteiger partial charge in [0.2, 0.25) is 0 Å². The van der Waals surface area contributed by atoms with Crippen LogP contribution in [-0.2, 0) is 0 Å². The van der Waals surface area contributed by atoms with E-state index >= 15 is 0 Å². The predicted octanol–water partition coefficient (Wildman–Crippen LogP) is 3.28. The van der Waals surface area contributed by atoms with Crippen molar-refractivity contribution in [1.82, 2.24) is 5.32 Å². The quantitative estimate of drug-likeness (QED) is 0.745. The summed E-state index contributed by atoms with van der Waals surface area (Å²) in [4.78, 5) is 0. The highest BCUT2D eigenvalue weighted by Crippen LogP contribution is 2.25. The van der Waals surface area contributed by atoms with Crippen LogP contribution in [0.25, 0.3) is 0 Å². The van der Waals surface area contributed by atoms with Crippen molar-refractivity contribution in [2.24, 2.45) is 5.92 Å². The van der Waals surface area contributed by atoms with Crippen LogP contribution < -0.4 is 5.32 Å². The molecule has 1 saturated heterocycles. The third kappa shape index (κ3) is 2.78. The number of halogens is 1. The van der Waals surface area contributed by atoms with Gasteiger partial charge in [-0.15, -0.1) is 0 Å². The normalized spacial score (nSPS) is 27.3. The Morgan fingerprint density at radius 3 is 2.60 bits per heavy atom. The molecule has 0 aromatic heterocycles. The van der Waals surface area contributed by atoms with Gasteiger partial charge >= 0.3 is 0 Å². The zero-order chi connectivity index (χ0) is 10.7. The fourth-order valence-corrected chi connectivity index (χ4v) is 2.18. The van der Waals surface area contributed by atoms with E-state index in [2.05, 4.69) is 12.2 Å². The van der Waals surface area contributed by atoms with Crippen molar-refractivity contribution in [1.29, 1.82) is 0 Å². The van der Waals surface area contributed by atoms with Gasteiger partial charge in [0, 0.05) is 6.04 Å². The summed E-state index contributed by atoms with van der Waals surface area (Å²) in [5.74, 6) is 0.656. The van der Waals surface area contributed by atoms with Gasteiger partial charge in [-0.3, -0.25) is 0 Å². The molecule has 2 unspecified atom stereocenters. The molecule has 0 radical (unpaired) electrons. The summed E-state index contributed by atoms with van der Waals surface area (Å²) in [5, 5.41) is 3.53. The molecule has 82 valence electrons. The maximum absolute atomic E-state index is 12.8. The highest BCUT2D eigenvalue weighted by molar-refractivity contribution is 5.20. The third-order valence-electron chi connectivity index (χ3n) is 3.25. The lowest BCUT2D eigenvalue weighted by molar-refractivity contribution is 0.501. The Bertz CT molecular complexity index is 307. The van der Waals surface area contributed by atoms with Crippen LogP contribution in [0.15, 0.2) is 24.3 Å². The Morgan fingerprint density at radius 1 is 1.13 bits per heavy atom. The van der Waals surface area contributed by atoms with Crippen molar-refractivity contribution in [3.8, 4) is 0 Å². The van der Waals surface area contributed by atoms with Gasteiger partial charge in [-0.1, -0.05) is 19.1 Å². The van der Waals surface area contributed by atoms with Crippen LogP contribution in [0.1, 0.15) is 37.8 Å². The van der Waals surface area contributed by atoms with Crippen LogP contribution in [0, 0.1) is 11.7 Å². The van der Waals surface area contributed by atoms with Crippen LogP contribution in [0.2, 0.25) is 0 Å². The first-order chi connectivity index (χ1) is 7.25. The standard InChI is InChI=1S/C13H18FN/c1-10-2-7-13(15-9-8-10)11-3-5-12(14)6-4-11/h3-6,10,13,15H,2,7-9H2,1H3. The SMILES string of the molecule is CC1CCNC(c2ccc(F)cc2)CC1. The van der Waals surface area contributed by atoms with Crippen molar-refractivity contribution in [2.75, 3.05) is 6.54 Å². The molecule has 0 aliphatic carbocycles. The number of hydrogen-bond donors (Lipinski definition) is 1. The highest BCUT2D eigenvalue weighted by atomic mass is 19.1. The van der Waals surface area contributed by atoms with Crippen molar-refractivity contribution >= 4 is 0 Å². The Morgan fingerprint density at radius 2 is 1.87 bits per heavy atom. The molecule has 0 saturated carbocycles. The average molecular weight is 207 g/mol. The Labute approximate surface area is 90.7 Å². The summed E-state index contributed by atoms with van der Waals surface area (Å²) >= 11 is 0. The first kappa shape index (κ1) is 10.6. The smallest absolute Gasteiger partial charge is 0.123 e. The van der Waals surface area contributed by atoms with Crippen molar-refractivity contribution in [3.05, 3.63) is 35.6 Å². The van der Waals surface area contributed by atoms with Crippen LogP contribution in [0.3, 0.4) is 0 Å². The van der Waals surface area contributed by atoms with Gasteiger partial charge < -0.3 is 5.32 Å². The van der Waals surface area contributed by atoms with Gasteiger partial charge in [-0.25, -0.2) is 4.39 Å². The molecule has 1 aromatic carbocycles. The lowest BCUT2D eigenvalue weighted by atomic mass is 9.98. The summed E-state index contributed by atoms with van der Waals surface area (Å²) < 4.78 is 12.8. The molecule has 1 aliphatic heterocycles. The lowest BCUT2D eigenvalue weighted by Gasteiger charge is -2.15. The second-order valence-electron chi connectivity index (χ2n) is 4.53. The van der Waals surface area contributed by atoms with Crippen molar-refractivity contribution in [3.63, 3.8) is 0 Å². The van der Waals surface area contributed by atoms with E-state index in [0.29, 0.717) is 6.04 Å². The zero-order valence-corrected chi connectivity index (χ0v) is 9.17. The largest absolute Gasteiger partial charge is 0.310 e. The fraction of sp³-hybridized carbons (Fsp3) is 0.538.